The summed E-state index contributed by atoms with van der Waals surface area (Å²) in [6, 6.07) is 3.48. The number of hydrogen-bond acceptors (Lipinski definition) is 6. The van der Waals surface area contributed by atoms with Gasteiger partial charge in [0.1, 0.15) is 5.84 Å². The molecule has 1 aromatic heterocycles. The molecule has 0 spiro atoms. The molecule has 0 atom stereocenters. The van der Waals surface area contributed by atoms with Crippen LogP contribution in [0.2, 0.25) is 5.02 Å². The van der Waals surface area contributed by atoms with Gasteiger partial charge in [-0.25, -0.2) is 4.99 Å². The van der Waals surface area contributed by atoms with E-state index in [-0.39, 0.29) is 11.9 Å². The predicted octanol–water partition coefficient (Wildman–Crippen LogP) is 3.54. The molecule has 0 aliphatic carbocycles. The molecule has 0 aliphatic heterocycles. The summed E-state index contributed by atoms with van der Waals surface area (Å²) in [5, 5.41) is 1.72. The molecule has 0 aliphatic rings. The van der Waals surface area contributed by atoms with Crippen LogP contribution in [0.1, 0.15) is 20.8 Å². The Balaban J connectivity index is 2.78. The van der Waals surface area contributed by atoms with Crippen LogP contribution in [0.25, 0.3) is 10.8 Å². The van der Waals surface area contributed by atoms with Crippen LogP contribution in [-0.2, 0) is 0 Å². The lowest BCUT2D eigenvalue weighted by molar-refractivity contribution is 0.236. The molecule has 140 valence electrons. The van der Waals surface area contributed by atoms with E-state index in [1.54, 1.807) is 25.1 Å². The number of nitrogens with two attached hydrogens (primary N) is 2. The fourth-order valence-electron chi connectivity index (χ4n) is 2.38. The van der Waals surface area contributed by atoms with E-state index in [1.807, 2.05) is 13.8 Å². The van der Waals surface area contributed by atoms with Crippen LogP contribution < -0.4 is 25.7 Å². The van der Waals surface area contributed by atoms with Gasteiger partial charge >= 0.3 is 0 Å². The molecule has 0 amide bonds. The molecule has 4 N–H and O–H groups in total. The zero-order valence-corrected chi connectivity index (χ0v) is 16.2. The van der Waals surface area contributed by atoms with Gasteiger partial charge in [0, 0.05) is 16.5 Å². The van der Waals surface area contributed by atoms with E-state index in [1.165, 1.54) is 14.2 Å². The third-order valence-corrected chi connectivity index (χ3v) is 3.71. The zero-order valence-electron chi connectivity index (χ0n) is 15.5. The number of ether oxygens (including phenoxy) is 3. The number of aliphatic imine (C=N–C) groups is 1. The summed E-state index contributed by atoms with van der Waals surface area (Å²) in [6.45, 7) is 5.53. The van der Waals surface area contributed by atoms with E-state index in [0.717, 1.165) is 0 Å². The van der Waals surface area contributed by atoms with Crippen molar-refractivity contribution in [2.24, 2.45) is 16.5 Å². The number of pyridine rings is 1. The van der Waals surface area contributed by atoms with E-state index in [4.69, 9.17) is 37.3 Å². The number of rotatable bonds is 6. The van der Waals surface area contributed by atoms with Gasteiger partial charge in [0.05, 0.1) is 25.3 Å². The molecule has 0 saturated heterocycles. The van der Waals surface area contributed by atoms with Gasteiger partial charge in [0.15, 0.2) is 17.3 Å². The molecule has 0 unspecified atom stereocenters. The Morgan fingerprint density at radius 2 is 1.88 bits per heavy atom. The molecule has 7 nitrogen and oxygen atoms in total. The number of methoxy groups -OCH3 is 2. The van der Waals surface area contributed by atoms with Gasteiger partial charge in [0.25, 0.3) is 0 Å². The van der Waals surface area contributed by atoms with Gasteiger partial charge < -0.3 is 25.7 Å². The van der Waals surface area contributed by atoms with Gasteiger partial charge in [-0.3, -0.25) is 0 Å². The molecule has 2 rings (SSSR count). The highest BCUT2D eigenvalue weighted by molar-refractivity contribution is 6.37. The standard InChI is InChI=1S/C18H23ClN4O3/c1-9(2)26-18-12-7-13(24-4)17(25-5)16(19)11(12)8-15(23-18)22-14(21)6-10(3)20/h6-9H,20H2,1-5H3,(H2,21,22,23)/b10-6-. The molecule has 0 saturated carbocycles. The minimum Gasteiger partial charge on any atom is -0.493 e. The van der Waals surface area contributed by atoms with Crippen molar-refractivity contribution in [1.82, 2.24) is 4.98 Å². The fourth-order valence-corrected chi connectivity index (χ4v) is 2.70. The summed E-state index contributed by atoms with van der Waals surface area (Å²) in [5.74, 6) is 1.85. The maximum Gasteiger partial charge on any atom is 0.223 e. The lowest BCUT2D eigenvalue weighted by Gasteiger charge is -2.16. The molecule has 0 radical (unpaired) electrons. The number of fused-ring (bicyclic) bond motifs is 1. The topological polar surface area (TPSA) is 105 Å². The van der Waals surface area contributed by atoms with Crippen molar-refractivity contribution in [1.29, 1.82) is 0 Å². The molecule has 0 fully saturated rings. The van der Waals surface area contributed by atoms with Gasteiger partial charge in [-0.15, -0.1) is 0 Å². The average Bonchev–Trinajstić information content (AvgIpc) is 2.54. The molecule has 1 aromatic carbocycles. The monoisotopic (exact) mass is 378 g/mol. The van der Waals surface area contributed by atoms with Crippen molar-refractivity contribution < 1.29 is 14.2 Å². The van der Waals surface area contributed by atoms with Crippen molar-refractivity contribution >= 4 is 34.0 Å². The van der Waals surface area contributed by atoms with E-state index < -0.39 is 0 Å². The third kappa shape index (κ3) is 4.29. The van der Waals surface area contributed by atoms with Crippen LogP contribution in [0.15, 0.2) is 28.9 Å². The Hall–Kier alpha value is -2.67. The summed E-state index contributed by atoms with van der Waals surface area (Å²) in [4.78, 5) is 8.72. The molecular weight excluding hydrogens is 356 g/mol. The van der Waals surface area contributed by atoms with E-state index >= 15 is 0 Å². The highest BCUT2D eigenvalue weighted by Gasteiger charge is 2.19. The smallest absolute Gasteiger partial charge is 0.223 e. The summed E-state index contributed by atoms with van der Waals surface area (Å²) < 4.78 is 16.6. The lowest BCUT2D eigenvalue weighted by atomic mass is 10.1. The molecule has 26 heavy (non-hydrogen) atoms. The first kappa shape index (κ1) is 19.7. The minimum absolute atomic E-state index is 0.0969. The van der Waals surface area contributed by atoms with Crippen LogP contribution >= 0.6 is 11.6 Å². The Morgan fingerprint density at radius 1 is 1.19 bits per heavy atom. The van der Waals surface area contributed by atoms with Gasteiger partial charge in [-0.1, -0.05) is 11.6 Å². The van der Waals surface area contributed by atoms with Crippen molar-refractivity contribution in [3.8, 4) is 17.4 Å². The second kappa shape index (κ2) is 8.14. The maximum atomic E-state index is 6.53. The Labute approximate surface area is 157 Å². The van der Waals surface area contributed by atoms with E-state index in [0.29, 0.717) is 44.7 Å². The summed E-state index contributed by atoms with van der Waals surface area (Å²) in [5.41, 5.74) is 12.0. The largest absolute Gasteiger partial charge is 0.493 e. The molecule has 8 heteroatoms. The van der Waals surface area contributed by atoms with Crippen molar-refractivity contribution in [2.45, 2.75) is 26.9 Å². The first-order chi connectivity index (χ1) is 12.3. The highest BCUT2D eigenvalue weighted by atomic mass is 35.5. The Bertz CT molecular complexity index is 875. The van der Waals surface area contributed by atoms with Gasteiger partial charge in [0.2, 0.25) is 5.88 Å². The summed E-state index contributed by atoms with van der Waals surface area (Å²) >= 11 is 6.53. The van der Waals surface area contributed by atoms with Crippen LogP contribution in [0, 0.1) is 0 Å². The van der Waals surface area contributed by atoms with Crippen LogP contribution in [0.5, 0.6) is 17.4 Å². The van der Waals surface area contributed by atoms with Crippen LogP contribution in [0.3, 0.4) is 0 Å². The fraction of sp³-hybridized carbons (Fsp3) is 0.333. The van der Waals surface area contributed by atoms with Gasteiger partial charge in [-0.05, 0) is 39.0 Å². The van der Waals surface area contributed by atoms with Crippen LogP contribution in [0.4, 0.5) is 5.82 Å². The number of aromatic nitrogens is 1. The molecule has 2 aromatic rings. The van der Waals surface area contributed by atoms with E-state index in [2.05, 4.69) is 9.98 Å². The first-order valence-corrected chi connectivity index (χ1v) is 8.34. The number of amidine groups is 1. The average molecular weight is 379 g/mol. The maximum absolute atomic E-state index is 6.53. The van der Waals surface area contributed by atoms with E-state index in [9.17, 15) is 0 Å². The van der Waals surface area contributed by atoms with Crippen LogP contribution in [-0.4, -0.2) is 31.1 Å². The molecule has 0 bridgehead atoms. The quantitative estimate of drug-likeness (QED) is 0.588. The molecule has 1 heterocycles. The highest BCUT2D eigenvalue weighted by Crippen LogP contribution is 2.44. The Kier molecular flexibility index (Phi) is 6.15. The van der Waals surface area contributed by atoms with Crippen molar-refractivity contribution in [2.75, 3.05) is 14.2 Å². The second-order valence-electron chi connectivity index (χ2n) is 5.90. The second-order valence-corrected chi connectivity index (χ2v) is 6.28. The third-order valence-electron chi connectivity index (χ3n) is 3.34. The SMILES string of the molecule is COc1cc2c(OC(C)C)nc(/N=C(N)\C=C(\C)N)cc2c(Cl)c1OC. The number of halogens is 1. The number of nitrogens with zero attached hydrogens (tertiary/aromatic N) is 2. The first-order valence-electron chi connectivity index (χ1n) is 7.96. The minimum atomic E-state index is -0.0969. The number of allylic oxidation sites excluding steroid dienone is 1. The summed E-state index contributed by atoms with van der Waals surface area (Å²) in [7, 11) is 3.06. The Morgan fingerprint density at radius 3 is 2.42 bits per heavy atom. The van der Waals surface area contributed by atoms with Gasteiger partial charge in [-0.2, -0.15) is 4.98 Å². The predicted molar refractivity (Wildman–Crippen MR) is 105 cm³/mol. The van der Waals surface area contributed by atoms with Crippen molar-refractivity contribution in [3.63, 3.8) is 0 Å². The number of benzene rings is 1. The van der Waals surface area contributed by atoms with Crippen molar-refractivity contribution in [3.05, 3.63) is 28.9 Å². The lowest BCUT2D eigenvalue weighted by Crippen LogP contribution is -2.11. The normalized spacial score (nSPS) is 12.6. The zero-order chi connectivity index (χ0) is 19.4. The number of hydrogen-bond donors (Lipinski definition) is 2. The summed E-state index contributed by atoms with van der Waals surface area (Å²) in [6.07, 6.45) is 1.45. The molecular formula is C18H23ClN4O3.